The Morgan fingerprint density at radius 2 is 1.95 bits per heavy atom. The number of aryl methyl sites for hydroxylation is 1. The lowest BCUT2D eigenvalue weighted by Crippen LogP contribution is -2.01. The van der Waals surface area contributed by atoms with Crippen LogP contribution < -0.4 is 5.32 Å². The van der Waals surface area contributed by atoms with Crippen LogP contribution in [-0.2, 0) is 6.54 Å². The van der Waals surface area contributed by atoms with Crippen molar-refractivity contribution in [2.24, 2.45) is 0 Å². The lowest BCUT2D eigenvalue weighted by atomic mass is 10.2. The van der Waals surface area contributed by atoms with Gasteiger partial charge >= 0.3 is 5.97 Å². The molecule has 1 heterocycles. The topological polar surface area (TPSA) is 49.3 Å². The van der Waals surface area contributed by atoms with Gasteiger partial charge in [0.15, 0.2) is 0 Å². The molecule has 0 amide bonds. The predicted molar refractivity (Wildman–Crippen MR) is 79.8 cm³/mol. The molecule has 0 radical (unpaired) electrons. The first-order valence-corrected chi connectivity index (χ1v) is 7.16. The van der Waals surface area contributed by atoms with Gasteiger partial charge in [0.2, 0.25) is 0 Å². The van der Waals surface area contributed by atoms with E-state index >= 15 is 0 Å². The van der Waals surface area contributed by atoms with Gasteiger partial charge in [0.25, 0.3) is 0 Å². The predicted octanol–water partition coefficient (Wildman–Crippen LogP) is 4.81. The van der Waals surface area contributed by atoms with Crippen molar-refractivity contribution in [1.82, 2.24) is 0 Å². The van der Waals surface area contributed by atoms with Gasteiger partial charge in [0.05, 0.1) is 15.7 Å². The summed E-state index contributed by atoms with van der Waals surface area (Å²) in [6.45, 7) is 2.20. The molecule has 0 unspecified atom stereocenters. The van der Waals surface area contributed by atoms with Crippen molar-refractivity contribution in [2.75, 3.05) is 5.32 Å². The van der Waals surface area contributed by atoms with Crippen LogP contribution in [0.15, 0.2) is 18.2 Å². The van der Waals surface area contributed by atoms with E-state index in [1.54, 1.807) is 6.07 Å². The number of benzene rings is 1. The standard InChI is InChI=1S/C13H10Cl2FNO2S/c1-6-7(2-11(20-6)13(18)19)5-17-12-9(14)3-8(16)4-10(12)15/h2-4,17H,5H2,1H3,(H,18,19). The summed E-state index contributed by atoms with van der Waals surface area (Å²) in [6, 6.07) is 3.93. The zero-order valence-corrected chi connectivity index (χ0v) is 12.7. The molecule has 0 aliphatic heterocycles. The van der Waals surface area contributed by atoms with Crippen LogP contribution in [0.3, 0.4) is 0 Å². The molecule has 106 valence electrons. The summed E-state index contributed by atoms with van der Waals surface area (Å²) in [5, 5.41) is 12.3. The van der Waals surface area contributed by atoms with Gasteiger partial charge in [-0.2, -0.15) is 0 Å². The molecule has 0 spiro atoms. The number of carbonyl (C=O) groups is 1. The molecule has 0 saturated carbocycles. The monoisotopic (exact) mass is 333 g/mol. The minimum absolute atomic E-state index is 0.182. The number of carboxylic acids is 1. The summed E-state index contributed by atoms with van der Waals surface area (Å²) < 4.78 is 13.1. The normalized spacial score (nSPS) is 10.6. The summed E-state index contributed by atoms with van der Waals surface area (Å²) in [5.74, 6) is -1.47. The minimum Gasteiger partial charge on any atom is -0.477 e. The van der Waals surface area contributed by atoms with Crippen LogP contribution in [0, 0.1) is 12.7 Å². The first-order chi connectivity index (χ1) is 9.38. The van der Waals surface area contributed by atoms with Crippen molar-refractivity contribution >= 4 is 46.2 Å². The van der Waals surface area contributed by atoms with Crippen molar-refractivity contribution in [2.45, 2.75) is 13.5 Å². The van der Waals surface area contributed by atoms with Gasteiger partial charge < -0.3 is 10.4 Å². The first kappa shape index (κ1) is 15.1. The van der Waals surface area contributed by atoms with Crippen molar-refractivity contribution in [3.8, 4) is 0 Å². The van der Waals surface area contributed by atoms with Gasteiger partial charge in [-0.3, -0.25) is 0 Å². The Kier molecular flexibility index (Phi) is 4.52. The van der Waals surface area contributed by atoms with E-state index < -0.39 is 11.8 Å². The highest BCUT2D eigenvalue weighted by Crippen LogP contribution is 2.32. The zero-order chi connectivity index (χ0) is 14.9. The molecule has 2 N–H and O–H groups in total. The third-order valence-corrected chi connectivity index (χ3v) is 4.37. The molecule has 20 heavy (non-hydrogen) atoms. The molecular weight excluding hydrogens is 324 g/mol. The minimum atomic E-state index is -0.956. The van der Waals surface area contributed by atoms with E-state index in [-0.39, 0.29) is 14.9 Å². The summed E-state index contributed by atoms with van der Waals surface area (Å²) in [4.78, 5) is 12.1. The number of nitrogens with one attached hydrogen (secondary N) is 1. The van der Waals surface area contributed by atoms with E-state index in [9.17, 15) is 9.18 Å². The molecule has 0 atom stereocenters. The van der Waals surface area contributed by atoms with Crippen LogP contribution in [0.4, 0.5) is 10.1 Å². The van der Waals surface area contributed by atoms with E-state index in [1.807, 2.05) is 6.92 Å². The van der Waals surface area contributed by atoms with Crippen LogP contribution in [0.2, 0.25) is 10.0 Å². The molecule has 1 aromatic heterocycles. The fraction of sp³-hybridized carbons (Fsp3) is 0.154. The Balaban J connectivity index is 2.19. The fourth-order valence-electron chi connectivity index (χ4n) is 1.70. The second-order valence-corrected chi connectivity index (χ2v) is 6.17. The van der Waals surface area contributed by atoms with E-state index in [0.29, 0.717) is 12.2 Å². The first-order valence-electron chi connectivity index (χ1n) is 5.59. The second-order valence-electron chi connectivity index (χ2n) is 4.10. The maximum atomic E-state index is 13.1. The highest BCUT2D eigenvalue weighted by atomic mass is 35.5. The van der Waals surface area contributed by atoms with E-state index in [4.69, 9.17) is 28.3 Å². The number of hydrogen-bond acceptors (Lipinski definition) is 3. The molecule has 3 nitrogen and oxygen atoms in total. The fourth-order valence-corrected chi connectivity index (χ4v) is 3.17. The number of halogens is 3. The van der Waals surface area contributed by atoms with E-state index in [2.05, 4.69) is 5.32 Å². The molecule has 0 bridgehead atoms. The summed E-state index contributed by atoms with van der Waals surface area (Å²) in [6.07, 6.45) is 0. The lowest BCUT2D eigenvalue weighted by molar-refractivity contribution is 0.0702. The van der Waals surface area contributed by atoms with Crippen molar-refractivity contribution in [1.29, 1.82) is 0 Å². The highest BCUT2D eigenvalue weighted by Gasteiger charge is 2.13. The van der Waals surface area contributed by atoms with E-state index in [0.717, 1.165) is 10.4 Å². The Morgan fingerprint density at radius 1 is 1.35 bits per heavy atom. The van der Waals surface area contributed by atoms with Crippen LogP contribution in [0.5, 0.6) is 0 Å². The van der Waals surface area contributed by atoms with Gasteiger partial charge in [-0.05, 0) is 30.7 Å². The van der Waals surface area contributed by atoms with Crippen LogP contribution in [0.1, 0.15) is 20.1 Å². The molecule has 0 fully saturated rings. The second kappa shape index (κ2) is 5.99. The maximum Gasteiger partial charge on any atom is 0.345 e. The Morgan fingerprint density at radius 3 is 2.45 bits per heavy atom. The zero-order valence-electron chi connectivity index (χ0n) is 10.3. The Bertz CT molecular complexity index is 649. The van der Waals surface area contributed by atoms with Crippen molar-refractivity contribution in [3.05, 3.63) is 49.4 Å². The smallest absolute Gasteiger partial charge is 0.345 e. The third kappa shape index (κ3) is 3.23. The van der Waals surface area contributed by atoms with Gasteiger partial charge in [-0.15, -0.1) is 11.3 Å². The van der Waals surface area contributed by atoms with Crippen molar-refractivity contribution < 1.29 is 14.3 Å². The van der Waals surface area contributed by atoms with Gasteiger partial charge in [0.1, 0.15) is 10.7 Å². The lowest BCUT2D eigenvalue weighted by Gasteiger charge is -2.10. The number of rotatable bonds is 4. The molecule has 1 aromatic carbocycles. The molecule has 0 aliphatic rings. The van der Waals surface area contributed by atoms with Gasteiger partial charge in [-0.1, -0.05) is 23.2 Å². The molecule has 2 aromatic rings. The molecule has 0 aliphatic carbocycles. The molecule has 2 rings (SSSR count). The van der Waals surface area contributed by atoms with Crippen molar-refractivity contribution in [3.63, 3.8) is 0 Å². The van der Waals surface area contributed by atoms with Gasteiger partial charge in [0, 0.05) is 11.4 Å². The summed E-state index contributed by atoms with van der Waals surface area (Å²) in [7, 11) is 0. The summed E-state index contributed by atoms with van der Waals surface area (Å²) >= 11 is 13.0. The molecule has 7 heteroatoms. The Hall–Kier alpha value is -1.30. The van der Waals surface area contributed by atoms with Crippen LogP contribution in [-0.4, -0.2) is 11.1 Å². The SMILES string of the molecule is Cc1sc(C(=O)O)cc1CNc1c(Cl)cc(F)cc1Cl. The average molecular weight is 334 g/mol. The number of carboxylic acid groups (broad SMARTS) is 1. The number of hydrogen-bond donors (Lipinski definition) is 2. The average Bonchev–Trinajstić information content (AvgIpc) is 2.70. The Labute approximate surface area is 129 Å². The molecule has 0 saturated heterocycles. The summed E-state index contributed by atoms with van der Waals surface area (Å²) in [5.41, 5.74) is 1.26. The van der Waals surface area contributed by atoms with Gasteiger partial charge in [-0.25, -0.2) is 9.18 Å². The number of thiophene rings is 1. The quantitative estimate of drug-likeness (QED) is 0.843. The van der Waals surface area contributed by atoms with Crippen LogP contribution in [0.25, 0.3) is 0 Å². The molecular formula is C13H10Cl2FNO2S. The number of aromatic carboxylic acids is 1. The largest absolute Gasteiger partial charge is 0.477 e. The van der Waals surface area contributed by atoms with E-state index in [1.165, 1.54) is 23.5 Å². The third-order valence-electron chi connectivity index (χ3n) is 2.69. The number of anilines is 1. The maximum absolute atomic E-state index is 13.1. The highest BCUT2D eigenvalue weighted by molar-refractivity contribution is 7.14. The van der Waals surface area contributed by atoms with Crippen LogP contribution >= 0.6 is 34.5 Å².